The number of furan rings is 1. The number of carboxylic acids is 1. The third-order valence-corrected chi connectivity index (χ3v) is 5.29. The second-order valence-electron chi connectivity index (χ2n) is 7.55. The molecule has 0 saturated carbocycles. The van der Waals surface area contributed by atoms with Crippen LogP contribution in [0.4, 0.5) is 4.39 Å². The molecule has 0 spiro atoms. The Balaban J connectivity index is 1.47. The summed E-state index contributed by atoms with van der Waals surface area (Å²) in [6.07, 6.45) is 2.09. The Labute approximate surface area is 168 Å². The van der Waals surface area contributed by atoms with E-state index in [2.05, 4.69) is 6.92 Å². The predicted octanol–water partition coefficient (Wildman–Crippen LogP) is 4.93. The molecule has 1 aromatic heterocycles. The fourth-order valence-corrected chi connectivity index (χ4v) is 3.51. The van der Waals surface area contributed by atoms with Gasteiger partial charge in [0.1, 0.15) is 22.9 Å². The van der Waals surface area contributed by atoms with Crippen molar-refractivity contribution in [3.8, 4) is 17.1 Å². The van der Waals surface area contributed by atoms with E-state index in [9.17, 15) is 9.18 Å². The predicted molar refractivity (Wildman–Crippen MR) is 108 cm³/mol. The van der Waals surface area contributed by atoms with E-state index in [1.165, 1.54) is 6.07 Å². The molecule has 0 radical (unpaired) electrons. The van der Waals surface area contributed by atoms with Crippen molar-refractivity contribution in [2.24, 2.45) is 5.92 Å². The van der Waals surface area contributed by atoms with Gasteiger partial charge in [0.05, 0.1) is 12.5 Å². The van der Waals surface area contributed by atoms with Crippen molar-refractivity contribution >= 4 is 16.9 Å². The molecule has 0 aliphatic carbocycles. The van der Waals surface area contributed by atoms with Crippen LogP contribution in [0.3, 0.4) is 0 Å². The van der Waals surface area contributed by atoms with Gasteiger partial charge in [-0.05, 0) is 36.8 Å². The second-order valence-corrected chi connectivity index (χ2v) is 7.55. The minimum Gasteiger partial charge on any atom is -0.494 e. The van der Waals surface area contributed by atoms with Crippen LogP contribution >= 0.6 is 0 Å². The van der Waals surface area contributed by atoms with E-state index < -0.39 is 5.97 Å². The van der Waals surface area contributed by atoms with E-state index in [1.807, 2.05) is 35.2 Å². The number of rotatable bonds is 8. The summed E-state index contributed by atoms with van der Waals surface area (Å²) in [7, 11) is 0. The number of hydrogen-bond donors (Lipinski definition) is 1. The molecule has 2 aromatic carbocycles. The van der Waals surface area contributed by atoms with E-state index in [0.717, 1.165) is 29.6 Å². The molecule has 0 bridgehead atoms. The Hall–Kier alpha value is -2.86. The smallest absolute Gasteiger partial charge is 0.309 e. The Bertz CT molecular complexity index is 1020. The van der Waals surface area contributed by atoms with Gasteiger partial charge in [-0.3, -0.25) is 9.69 Å². The van der Waals surface area contributed by atoms with Crippen LogP contribution in [0.2, 0.25) is 0 Å². The van der Waals surface area contributed by atoms with Gasteiger partial charge >= 0.3 is 5.97 Å². The molecule has 0 amide bonds. The number of likely N-dealkylation sites (tertiary alicyclic amines) is 1. The van der Waals surface area contributed by atoms with Gasteiger partial charge in [0.15, 0.2) is 0 Å². The Morgan fingerprint density at radius 1 is 1.24 bits per heavy atom. The number of benzene rings is 2. The lowest BCUT2D eigenvalue weighted by Gasteiger charge is -2.36. The van der Waals surface area contributed by atoms with E-state index in [-0.39, 0.29) is 11.7 Å². The van der Waals surface area contributed by atoms with Gasteiger partial charge in [0.2, 0.25) is 0 Å². The van der Waals surface area contributed by atoms with Crippen LogP contribution in [0.5, 0.6) is 5.75 Å². The van der Waals surface area contributed by atoms with Crippen molar-refractivity contribution in [2.75, 3.05) is 19.7 Å². The number of ether oxygens (including phenoxy) is 1. The zero-order valence-electron chi connectivity index (χ0n) is 16.4. The number of nitrogens with zero attached hydrogens (tertiary/aromatic N) is 1. The van der Waals surface area contributed by atoms with Crippen LogP contribution in [-0.2, 0) is 11.3 Å². The molecule has 0 atom stereocenters. The first kappa shape index (κ1) is 19.5. The van der Waals surface area contributed by atoms with Gasteiger partial charge in [0, 0.05) is 36.1 Å². The van der Waals surface area contributed by atoms with Gasteiger partial charge in [-0.2, -0.15) is 0 Å². The number of fused-ring (bicyclic) bond motifs is 1. The highest BCUT2D eigenvalue weighted by molar-refractivity contribution is 5.84. The first-order valence-electron chi connectivity index (χ1n) is 9.94. The highest BCUT2D eigenvalue weighted by atomic mass is 19.1. The summed E-state index contributed by atoms with van der Waals surface area (Å²) >= 11 is 0. The minimum atomic E-state index is -0.791. The van der Waals surface area contributed by atoms with Crippen molar-refractivity contribution in [1.29, 1.82) is 0 Å². The number of carboxylic acid groups (broad SMARTS) is 1. The van der Waals surface area contributed by atoms with Gasteiger partial charge < -0.3 is 14.3 Å². The molecular weight excluding hydrogens is 373 g/mol. The first-order valence-corrected chi connectivity index (χ1v) is 9.94. The molecular formula is C23H24FNO4. The number of hydrogen-bond acceptors (Lipinski definition) is 4. The molecule has 1 aliphatic rings. The fraction of sp³-hybridized carbons (Fsp3) is 0.348. The molecule has 6 heteroatoms. The molecule has 4 rings (SSSR count). The molecule has 3 aromatic rings. The summed E-state index contributed by atoms with van der Waals surface area (Å²) < 4.78 is 26.2. The van der Waals surface area contributed by atoms with Crippen LogP contribution < -0.4 is 4.74 Å². The average Bonchev–Trinajstić information content (AvgIpc) is 3.08. The molecule has 1 fully saturated rings. The van der Waals surface area contributed by atoms with Gasteiger partial charge in [-0.1, -0.05) is 25.5 Å². The second kappa shape index (κ2) is 8.25. The van der Waals surface area contributed by atoms with Crippen LogP contribution in [0.15, 0.2) is 46.9 Å². The normalized spacial score (nSPS) is 14.8. The molecule has 2 heterocycles. The molecule has 152 valence electrons. The number of aliphatic carboxylic acids is 1. The van der Waals surface area contributed by atoms with E-state index in [0.29, 0.717) is 43.1 Å². The van der Waals surface area contributed by atoms with Crippen molar-refractivity contribution in [3.63, 3.8) is 0 Å². The number of carbonyl (C=O) groups is 1. The highest BCUT2D eigenvalue weighted by Gasteiger charge is 2.32. The van der Waals surface area contributed by atoms with E-state index in [1.54, 1.807) is 6.07 Å². The van der Waals surface area contributed by atoms with Crippen LogP contribution in [0.25, 0.3) is 22.3 Å². The van der Waals surface area contributed by atoms with Crippen LogP contribution in [-0.4, -0.2) is 35.7 Å². The molecule has 1 aliphatic heterocycles. The zero-order chi connectivity index (χ0) is 20.4. The quantitative estimate of drug-likeness (QED) is 0.546. The third-order valence-electron chi connectivity index (χ3n) is 5.29. The van der Waals surface area contributed by atoms with E-state index in [4.69, 9.17) is 14.3 Å². The lowest BCUT2D eigenvalue weighted by molar-refractivity contribution is -0.147. The Morgan fingerprint density at radius 2 is 2.07 bits per heavy atom. The lowest BCUT2D eigenvalue weighted by Crippen LogP contribution is -2.49. The monoisotopic (exact) mass is 397 g/mol. The van der Waals surface area contributed by atoms with E-state index >= 15 is 0 Å². The van der Waals surface area contributed by atoms with Crippen molar-refractivity contribution in [2.45, 2.75) is 26.3 Å². The van der Waals surface area contributed by atoms with Crippen LogP contribution in [0.1, 0.15) is 25.3 Å². The summed E-state index contributed by atoms with van der Waals surface area (Å²) in [5.74, 6) is -0.0463. The van der Waals surface area contributed by atoms with Gasteiger partial charge in [-0.15, -0.1) is 0 Å². The molecule has 1 N–H and O–H groups in total. The molecule has 0 unspecified atom stereocenters. The third kappa shape index (κ3) is 4.27. The van der Waals surface area contributed by atoms with Gasteiger partial charge in [-0.25, -0.2) is 4.39 Å². The summed E-state index contributed by atoms with van der Waals surface area (Å²) in [4.78, 5) is 12.8. The minimum absolute atomic E-state index is 0.315. The number of halogens is 1. The SMILES string of the molecule is CCCCOc1ccc2oc(-c3ccc(CN4CC(C(=O)O)C4)c(F)c3)cc2c1. The standard InChI is InChI=1S/C23H24FNO4/c1-2-3-8-28-19-6-7-21-17(9-19)11-22(29-21)15-4-5-16(20(24)10-15)12-25-13-18(14-25)23(26)27/h4-7,9-11,18H,2-3,8,12-14H2,1H3,(H,26,27). The largest absolute Gasteiger partial charge is 0.494 e. The zero-order valence-corrected chi connectivity index (χ0v) is 16.4. The van der Waals surface area contributed by atoms with Crippen LogP contribution in [0, 0.1) is 11.7 Å². The number of unbranched alkanes of at least 4 members (excludes halogenated alkanes) is 1. The lowest BCUT2D eigenvalue weighted by atomic mass is 9.99. The maximum absolute atomic E-state index is 14.6. The fourth-order valence-electron chi connectivity index (χ4n) is 3.51. The molecule has 29 heavy (non-hydrogen) atoms. The highest BCUT2D eigenvalue weighted by Crippen LogP contribution is 2.31. The van der Waals surface area contributed by atoms with Crippen molar-refractivity contribution in [3.05, 3.63) is 53.8 Å². The summed E-state index contributed by atoms with van der Waals surface area (Å²) in [5.41, 5.74) is 1.95. The average molecular weight is 397 g/mol. The maximum atomic E-state index is 14.6. The van der Waals surface area contributed by atoms with Crippen molar-refractivity contribution < 1.29 is 23.4 Å². The van der Waals surface area contributed by atoms with Crippen molar-refractivity contribution in [1.82, 2.24) is 4.90 Å². The Morgan fingerprint density at radius 3 is 2.79 bits per heavy atom. The maximum Gasteiger partial charge on any atom is 0.309 e. The summed E-state index contributed by atoms with van der Waals surface area (Å²) in [5, 5.41) is 9.86. The first-order chi connectivity index (χ1) is 14.0. The summed E-state index contributed by atoms with van der Waals surface area (Å²) in [6, 6.07) is 12.6. The molecule has 1 saturated heterocycles. The van der Waals surface area contributed by atoms with Gasteiger partial charge in [0.25, 0.3) is 0 Å². The topological polar surface area (TPSA) is 62.9 Å². The Kier molecular flexibility index (Phi) is 5.53. The molecule has 5 nitrogen and oxygen atoms in total. The summed E-state index contributed by atoms with van der Waals surface area (Å²) in [6.45, 7) is 4.14.